The Kier molecular flexibility index (Phi) is 6.48. The van der Waals surface area contributed by atoms with Crippen LogP contribution in [-0.2, 0) is 0 Å². The molecule has 28 heavy (non-hydrogen) atoms. The van der Waals surface area contributed by atoms with E-state index in [4.69, 9.17) is 11.6 Å². The molecule has 0 aliphatic heterocycles. The number of hydrazone groups is 1. The second-order valence-corrected chi connectivity index (χ2v) is 7.40. The second kappa shape index (κ2) is 8.62. The van der Waals surface area contributed by atoms with Gasteiger partial charge in [0.15, 0.2) is 0 Å². The molecule has 2 aromatic rings. The zero-order chi connectivity index (χ0) is 20.9. The molecule has 0 unspecified atom stereocenters. The number of nitrogens with zero attached hydrogens (tertiary/aromatic N) is 3. The van der Waals surface area contributed by atoms with Gasteiger partial charge in [-0.25, -0.2) is 0 Å². The quantitative estimate of drug-likeness (QED) is 0.379. The summed E-state index contributed by atoms with van der Waals surface area (Å²) in [6, 6.07) is 10.6. The molecule has 0 aliphatic carbocycles. The number of nitro groups is 2. The Morgan fingerprint density at radius 3 is 2.25 bits per heavy atom. The molecule has 0 saturated heterocycles. The van der Waals surface area contributed by atoms with Crippen LogP contribution in [0.3, 0.4) is 0 Å². The van der Waals surface area contributed by atoms with Crippen LogP contribution in [-0.4, -0.2) is 15.6 Å². The van der Waals surface area contributed by atoms with Crippen LogP contribution in [0.5, 0.6) is 0 Å². The fourth-order valence-corrected chi connectivity index (χ4v) is 2.33. The summed E-state index contributed by atoms with van der Waals surface area (Å²) in [6.45, 7) is 5.85. The number of anilines is 1. The Bertz CT molecular complexity index is 947. The molecule has 8 nitrogen and oxygen atoms in total. The monoisotopic (exact) mass is 402 g/mol. The van der Waals surface area contributed by atoms with Crippen molar-refractivity contribution in [3.8, 4) is 0 Å². The van der Waals surface area contributed by atoms with Crippen molar-refractivity contribution in [3.05, 3.63) is 79.4 Å². The van der Waals surface area contributed by atoms with Crippen LogP contribution in [0.1, 0.15) is 26.3 Å². The van der Waals surface area contributed by atoms with Crippen molar-refractivity contribution in [1.29, 1.82) is 0 Å². The first kappa shape index (κ1) is 21.0. The Balaban J connectivity index is 2.34. The Labute approximate surface area is 166 Å². The lowest BCUT2D eigenvalue weighted by molar-refractivity contribution is -0.393. The number of benzene rings is 2. The first-order chi connectivity index (χ1) is 13.1. The highest BCUT2D eigenvalue weighted by Crippen LogP contribution is 2.29. The van der Waals surface area contributed by atoms with Crippen molar-refractivity contribution in [2.24, 2.45) is 10.5 Å². The first-order valence-electron chi connectivity index (χ1n) is 8.28. The van der Waals surface area contributed by atoms with E-state index in [1.54, 1.807) is 18.2 Å². The SMILES string of the molecule is CC(C)(C)C(/C=C/c1ccc(Cl)cc1)=N\Nc1ccc([N+](=O)[O-])cc1[N+](=O)[O-]. The second-order valence-electron chi connectivity index (χ2n) is 6.96. The van der Waals surface area contributed by atoms with E-state index >= 15 is 0 Å². The zero-order valence-corrected chi connectivity index (χ0v) is 16.3. The third-order valence-corrected chi connectivity index (χ3v) is 4.01. The number of non-ortho nitro benzene ring substituents is 1. The molecule has 0 radical (unpaired) electrons. The van der Waals surface area contributed by atoms with E-state index < -0.39 is 15.5 Å². The Morgan fingerprint density at radius 2 is 1.71 bits per heavy atom. The van der Waals surface area contributed by atoms with Crippen molar-refractivity contribution >= 4 is 40.5 Å². The average Bonchev–Trinajstić information content (AvgIpc) is 2.61. The molecular formula is C19H19ClN4O4. The van der Waals surface area contributed by atoms with Crippen molar-refractivity contribution in [2.45, 2.75) is 20.8 Å². The smallest absolute Gasteiger partial charge is 0.271 e. The largest absolute Gasteiger partial charge is 0.301 e. The van der Waals surface area contributed by atoms with E-state index in [2.05, 4.69) is 10.5 Å². The van der Waals surface area contributed by atoms with Gasteiger partial charge in [-0.1, -0.05) is 50.6 Å². The molecule has 2 rings (SSSR count). The summed E-state index contributed by atoms with van der Waals surface area (Å²) >= 11 is 5.88. The van der Waals surface area contributed by atoms with Crippen LogP contribution in [0.2, 0.25) is 5.02 Å². The molecule has 0 aliphatic rings. The topological polar surface area (TPSA) is 111 Å². The molecule has 0 amide bonds. The van der Waals surface area contributed by atoms with Crippen LogP contribution >= 0.6 is 11.6 Å². The number of hydrogen-bond donors (Lipinski definition) is 1. The van der Waals surface area contributed by atoms with Crippen molar-refractivity contribution in [1.82, 2.24) is 0 Å². The molecule has 9 heteroatoms. The summed E-state index contributed by atoms with van der Waals surface area (Å²) in [5, 5.41) is 27.0. The summed E-state index contributed by atoms with van der Waals surface area (Å²) in [5.74, 6) is 0. The predicted octanol–water partition coefficient (Wildman–Crippen LogP) is 5.68. The van der Waals surface area contributed by atoms with Crippen LogP contribution in [0, 0.1) is 25.6 Å². The van der Waals surface area contributed by atoms with E-state index in [1.165, 1.54) is 12.1 Å². The maximum atomic E-state index is 11.2. The number of nitro benzene ring substituents is 2. The van der Waals surface area contributed by atoms with Gasteiger partial charge in [-0.2, -0.15) is 5.10 Å². The standard InChI is InChI=1S/C19H19ClN4O4/c1-19(2,3)18(11-6-13-4-7-14(20)8-5-13)22-21-16-10-9-15(23(25)26)12-17(16)24(27)28/h4-12,21H,1-3H3/b11-6+,22-18-. The van der Waals surface area contributed by atoms with E-state index in [1.807, 2.05) is 39.0 Å². The van der Waals surface area contributed by atoms with E-state index in [0.29, 0.717) is 10.7 Å². The number of rotatable bonds is 6. The number of hydrogen-bond acceptors (Lipinski definition) is 6. The fraction of sp³-hybridized carbons (Fsp3) is 0.211. The Hall–Kier alpha value is -3.26. The first-order valence-corrected chi connectivity index (χ1v) is 8.66. The van der Waals surface area contributed by atoms with Crippen LogP contribution in [0.15, 0.2) is 53.6 Å². The van der Waals surface area contributed by atoms with Gasteiger partial charge in [-0.15, -0.1) is 0 Å². The van der Waals surface area contributed by atoms with Crippen molar-refractivity contribution in [2.75, 3.05) is 5.43 Å². The zero-order valence-electron chi connectivity index (χ0n) is 15.5. The lowest BCUT2D eigenvalue weighted by atomic mass is 9.89. The molecule has 2 aromatic carbocycles. The van der Waals surface area contributed by atoms with Crippen LogP contribution in [0.4, 0.5) is 17.1 Å². The molecule has 0 saturated carbocycles. The number of nitrogens with one attached hydrogen (secondary N) is 1. The summed E-state index contributed by atoms with van der Waals surface area (Å²) in [4.78, 5) is 20.7. The molecule has 1 N–H and O–H groups in total. The molecule has 146 valence electrons. The Morgan fingerprint density at radius 1 is 1.07 bits per heavy atom. The normalized spacial score (nSPS) is 12.2. The fourth-order valence-electron chi connectivity index (χ4n) is 2.20. The van der Waals surface area contributed by atoms with Gasteiger partial charge in [0.2, 0.25) is 0 Å². The average molecular weight is 403 g/mol. The molecule has 0 heterocycles. The number of allylic oxidation sites excluding steroid dienone is 1. The summed E-state index contributed by atoms with van der Waals surface area (Å²) < 4.78 is 0. The summed E-state index contributed by atoms with van der Waals surface area (Å²) in [5.41, 5.74) is 3.14. The van der Waals surface area contributed by atoms with Crippen LogP contribution < -0.4 is 5.43 Å². The van der Waals surface area contributed by atoms with Gasteiger partial charge >= 0.3 is 5.69 Å². The maximum absolute atomic E-state index is 11.2. The lowest BCUT2D eigenvalue weighted by Crippen LogP contribution is -2.19. The minimum atomic E-state index is -0.689. The van der Waals surface area contributed by atoms with Crippen molar-refractivity contribution < 1.29 is 9.85 Å². The summed E-state index contributed by atoms with van der Waals surface area (Å²) in [7, 11) is 0. The third-order valence-electron chi connectivity index (χ3n) is 3.76. The summed E-state index contributed by atoms with van der Waals surface area (Å²) in [6.07, 6.45) is 3.65. The minimum Gasteiger partial charge on any atom is -0.271 e. The van der Waals surface area contributed by atoms with Gasteiger partial charge in [-0.05, 0) is 29.8 Å². The van der Waals surface area contributed by atoms with Gasteiger partial charge in [0, 0.05) is 16.5 Å². The molecule has 0 bridgehead atoms. The van der Waals surface area contributed by atoms with Gasteiger partial charge in [0.05, 0.1) is 21.6 Å². The molecular weight excluding hydrogens is 384 g/mol. The van der Waals surface area contributed by atoms with Gasteiger partial charge in [0.1, 0.15) is 5.69 Å². The van der Waals surface area contributed by atoms with Crippen molar-refractivity contribution in [3.63, 3.8) is 0 Å². The van der Waals surface area contributed by atoms with E-state index in [9.17, 15) is 20.2 Å². The number of halogens is 1. The molecule has 0 fully saturated rings. The molecule has 0 atom stereocenters. The van der Waals surface area contributed by atoms with Gasteiger partial charge in [0.25, 0.3) is 5.69 Å². The van der Waals surface area contributed by atoms with Gasteiger partial charge in [-0.3, -0.25) is 25.7 Å². The highest BCUT2D eigenvalue weighted by Gasteiger charge is 2.21. The van der Waals surface area contributed by atoms with Crippen LogP contribution in [0.25, 0.3) is 6.08 Å². The predicted molar refractivity (Wildman–Crippen MR) is 111 cm³/mol. The van der Waals surface area contributed by atoms with E-state index in [-0.39, 0.29) is 16.8 Å². The molecule has 0 aromatic heterocycles. The van der Waals surface area contributed by atoms with Gasteiger partial charge < -0.3 is 0 Å². The maximum Gasteiger partial charge on any atom is 0.301 e. The minimum absolute atomic E-state index is 0.0669. The molecule has 0 spiro atoms. The third kappa shape index (κ3) is 5.62. The highest BCUT2D eigenvalue weighted by atomic mass is 35.5. The van der Waals surface area contributed by atoms with E-state index in [0.717, 1.165) is 11.6 Å². The highest BCUT2D eigenvalue weighted by molar-refractivity contribution is 6.30. The lowest BCUT2D eigenvalue weighted by Gasteiger charge is -2.19.